The van der Waals surface area contributed by atoms with Crippen molar-refractivity contribution < 1.29 is 9.52 Å². The second-order valence-electron chi connectivity index (χ2n) is 3.90. The lowest BCUT2D eigenvalue weighted by molar-refractivity contribution is 0.146. The smallest absolute Gasteiger partial charge is 0.0960 e. The number of aliphatic hydroxyl groups is 1. The van der Waals surface area contributed by atoms with Crippen LogP contribution in [0.5, 0.6) is 0 Å². The topological polar surface area (TPSA) is 59.4 Å². The summed E-state index contributed by atoms with van der Waals surface area (Å²) in [6.45, 7) is 0.383. The molecule has 3 nitrogen and oxygen atoms in total. The van der Waals surface area contributed by atoms with Gasteiger partial charge >= 0.3 is 0 Å². The van der Waals surface area contributed by atoms with Gasteiger partial charge in [0.05, 0.1) is 18.6 Å². The Balaban J connectivity index is 2.24. The van der Waals surface area contributed by atoms with E-state index < -0.39 is 6.10 Å². The zero-order chi connectivity index (χ0) is 12.3. The van der Waals surface area contributed by atoms with Crippen LogP contribution >= 0.6 is 15.9 Å². The lowest BCUT2D eigenvalue weighted by Crippen LogP contribution is -2.19. The second-order valence-corrected chi connectivity index (χ2v) is 4.81. The number of benzene rings is 1. The Kier molecular flexibility index (Phi) is 3.99. The van der Waals surface area contributed by atoms with E-state index in [0.717, 1.165) is 15.6 Å². The Morgan fingerprint density at radius 1 is 1.18 bits per heavy atom. The van der Waals surface area contributed by atoms with Crippen molar-refractivity contribution >= 4 is 15.9 Å². The van der Waals surface area contributed by atoms with Crippen molar-refractivity contribution in [2.75, 3.05) is 6.54 Å². The summed E-state index contributed by atoms with van der Waals surface area (Å²) in [5.41, 5.74) is 7.52. The molecule has 0 saturated heterocycles. The van der Waals surface area contributed by atoms with Crippen LogP contribution in [-0.4, -0.2) is 11.7 Å². The maximum atomic E-state index is 10.2. The number of furan rings is 1. The average molecular weight is 296 g/mol. The summed E-state index contributed by atoms with van der Waals surface area (Å²) in [5, 5.41) is 10.2. The largest absolute Gasteiger partial charge is 0.472 e. The van der Waals surface area contributed by atoms with Gasteiger partial charge in [0.1, 0.15) is 0 Å². The van der Waals surface area contributed by atoms with Crippen LogP contribution in [0.2, 0.25) is 0 Å². The maximum absolute atomic E-state index is 10.2. The van der Waals surface area contributed by atoms with Crippen molar-refractivity contribution in [2.24, 2.45) is 5.73 Å². The van der Waals surface area contributed by atoms with Crippen molar-refractivity contribution in [2.45, 2.75) is 12.0 Å². The van der Waals surface area contributed by atoms with Crippen molar-refractivity contribution in [3.8, 4) is 0 Å². The van der Waals surface area contributed by atoms with E-state index in [4.69, 9.17) is 10.2 Å². The molecule has 0 aliphatic heterocycles. The third-order valence-electron chi connectivity index (χ3n) is 2.82. The molecule has 1 aromatic carbocycles. The molecule has 2 aromatic rings. The van der Waals surface area contributed by atoms with Crippen LogP contribution in [0.4, 0.5) is 0 Å². The maximum Gasteiger partial charge on any atom is 0.0960 e. The van der Waals surface area contributed by atoms with E-state index in [1.54, 1.807) is 18.6 Å². The fourth-order valence-electron chi connectivity index (χ4n) is 1.83. The first-order chi connectivity index (χ1) is 8.22. The minimum absolute atomic E-state index is 0.124. The van der Waals surface area contributed by atoms with Crippen molar-refractivity contribution in [3.05, 3.63) is 58.5 Å². The van der Waals surface area contributed by atoms with Crippen LogP contribution in [0, 0.1) is 0 Å². The van der Waals surface area contributed by atoms with E-state index in [1.807, 2.05) is 24.3 Å². The molecule has 1 heterocycles. The third-order valence-corrected chi connectivity index (χ3v) is 3.35. The molecule has 2 atom stereocenters. The summed E-state index contributed by atoms with van der Waals surface area (Å²) in [7, 11) is 0. The minimum atomic E-state index is -0.639. The standard InChI is InChI=1S/C13H14BrNO2/c14-11-3-1-9(2-4-11)12(7-15)13(16)10-5-6-17-8-10/h1-6,8,12-13,16H,7,15H2. The van der Waals surface area contributed by atoms with E-state index in [2.05, 4.69) is 15.9 Å². The predicted molar refractivity (Wildman–Crippen MR) is 69.6 cm³/mol. The highest BCUT2D eigenvalue weighted by molar-refractivity contribution is 9.10. The molecule has 0 fully saturated rings. The van der Waals surface area contributed by atoms with Gasteiger partial charge in [-0.05, 0) is 23.8 Å². The van der Waals surface area contributed by atoms with Gasteiger partial charge in [-0.25, -0.2) is 0 Å². The Morgan fingerprint density at radius 2 is 1.88 bits per heavy atom. The molecule has 0 saturated carbocycles. The average Bonchev–Trinajstić information content (AvgIpc) is 2.86. The van der Waals surface area contributed by atoms with Crippen LogP contribution in [0.1, 0.15) is 23.1 Å². The molecular weight excluding hydrogens is 282 g/mol. The van der Waals surface area contributed by atoms with Crippen LogP contribution in [-0.2, 0) is 0 Å². The van der Waals surface area contributed by atoms with Crippen LogP contribution in [0.3, 0.4) is 0 Å². The zero-order valence-corrected chi connectivity index (χ0v) is 10.8. The third kappa shape index (κ3) is 2.77. The summed E-state index contributed by atoms with van der Waals surface area (Å²) >= 11 is 3.38. The molecule has 0 aliphatic rings. The summed E-state index contributed by atoms with van der Waals surface area (Å²) in [6.07, 6.45) is 2.46. The summed E-state index contributed by atoms with van der Waals surface area (Å²) < 4.78 is 5.99. The van der Waals surface area contributed by atoms with Gasteiger partial charge in [0, 0.05) is 22.5 Å². The monoisotopic (exact) mass is 295 g/mol. The van der Waals surface area contributed by atoms with Crippen molar-refractivity contribution in [3.63, 3.8) is 0 Å². The van der Waals surface area contributed by atoms with E-state index in [0.29, 0.717) is 6.54 Å². The molecule has 0 spiro atoms. The van der Waals surface area contributed by atoms with E-state index in [-0.39, 0.29) is 5.92 Å². The van der Waals surface area contributed by atoms with E-state index >= 15 is 0 Å². The molecule has 0 radical (unpaired) electrons. The fraction of sp³-hybridized carbons (Fsp3) is 0.231. The normalized spacial score (nSPS) is 14.5. The highest BCUT2D eigenvalue weighted by Gasteiger charge is 2.22. The van der Waals surface area contributed by atoms with Gasteiger partial charge in [0.25, 0.3) is 0 Å². The SMILES string of the molecule is NCC(c1ccc(Br)cc1)C(O)c1ccoc1. The molecule has 2 rings (SSSR count). The number of halogens is 1. The molecule has 4 heteroatoms. The highest BCUT2D eigenvalue weighted by atomic mass is 79.9. The van der Waals surface area contributed by atoms with Gasteiger partial charge in [-0.15, -0.1) is 0 Å². The van der Waals surface area contributed by atoms with Crippen molar-refractivity contribution in [1.29, 1.82) is 0 Å². The van der Waals surface area contributed by atoms with Gasteiger partial charge in [-0.1, -0.05) is 28.1 Å². The summed E-state index contributed by atoms with van der Waals surface area (Å²) in [4.78, 5) is 0. The predicted octanol–water partition coefficient (Wildman–Crippen LogP) is 2.82. The molecule has 0 bridgehead atoms. The Hall–Kier alpha value is -1.10. The first kappa shape index (κ1) is 12.4. The molecule has 2 unspecified atom stereocenters. The first-order valence-electron chi connectivity index (χ1n) is 5.38. The van der Waals surface area contributed by atoms with Gasteiger partial charge < -0.3 is 15.3 Å². The first-order valence-corrected chi connectivity index (χ1v) is 6.17. The molecule has 3 N–H and O–H groups in total. The van der Waals surface area contributed by atoms with Crippen LogP contribution in [0.25, 0.3) is 0 Å². The summed E-state index contributed by atoms with van der Waals surface area (Å²) in [6, 6.07) is 9.57. The molecule has 0 aliphatic carbocycles. The van der Waals surface area contributed by atoms with Gasteiger partial charge in [0.15, 0.2) is 0 Å². The zero-order valence-electron chi connectivity index (χ0n) is 9.21. The lowest BCUT2D eigenvalue weighted by Gasteiger charge is -2.20. The van der Waals surface area contributed by atoms with E-state index in [1.165, 1.54) is 0 Å². The summed E-state index contributed by atoms with van der Waals surface area (Å²) in [5.74, 6) is -0.124. The Labute approximate surface area is 108 Å². The number of hydrogen-bond donors (Lipinski definition) is 2. The molecular formula is C13H14BrNO2. The Bertz CT molecular complexity index is 453. The quantitative estimate of drug-likeness (QED) is 0.912. The molecule has 90 valence electrons. The molecule has 1 aromatic heterocycles. The second kappa shape index (κ2) is 5.49. The number of nitrogens with two attached hydrogens (primary N) is 1. The van der Waals surface area contributed by atoms with Crippen LogP contribution in [0.15, 0.2) is 51.7 Å². The lowest BCUT2D eigenvalue weighted by atomic mass is 9.90. The fourth-order valence-corrected chi connectivity index (χ4v) is 2.10. The minimum Gasteiger partial charge on any atom is -0.472 e. The van der Waals surface area contributed by atoms with Gasteiger partial charge in [-0.2, -0.15) is 0 Å². The molecule has 0 amide bonds. The number of aliphatic hydroxyl groups excluding tert-OH is 1. The molecule has 17 heavy (non-hydrogen) atoms. The van der Waals surface area contributed by atoms with Gasteiger partial charge in [-0.3, -0.25) is 0 Å². The number of hydrogen-bond acceptors (Lipinski definition) is 3. The van der Waals surface area contributed by atoms with Crippen molar-refractivity contribution in [1.82, 2.24) is 0 Å². The van der Waals surface area contributed by atoms with Crippen LogP contribution < -0.4 is 5.73 Å². The van der Waals surface area contributed by atoms with Gasteiger partial charge in [0.2, 0.25) is 0 Å². The number of rotatable bonds is 4. The Morgan fingerprint density at radius 3 is 2.41 bits per heavy atom. The van der Waals surface area contributed by atoms with E-state index in [9.17, 15) is 5.11 Å². The highest BCUT2D eigenvalue weighted by Crippen LogP contribution is 2.30.